The van der Waals surface area contributed by atoms with Gasteiger partial charge in [-0.25, -0.2) is 0 Å². The summed E-state index contributed by atoms with van der Waals surface area (Å²) >= 11 is 0. The van der Waals surface area contributed by atoms with Crippen LogP contribution in [0.25, 0.3) is 22.1 Å². The lowest BCUT2D eigenvalue weighted by molar-refractivity contribution is -0.150. The summed E-state index contributed by atoms with van der Waals surface area (Å²) in [4.78, 5) is 6.96. The lowest BCUT2D eigenvalue weighted by Gasteiger charge is -2.26. The van der Waals surface area contributed by atoms with Crippen LogP contribution in [0.1, 0.15) is 50.7 Å². The molecule has 1 saturated heterocycles. The van der Waals surface area contributed by atoms with Gasteiger partial charge in [0.15, 0.2) is 5.76 Å². The first kappa shape index (κ1) is 20.1. The van der Waals surface area contributed by atoms with Gasteiger partial charge in [-0.2, -0.15) is 0 Å². The minimum Gasteiger partial charge on any atom is -0.455 e. The van der Waals surface area contributed by atoms with Crippen LogP contribution in [0, 0.1) is 0 Å². The van der Waals surface area contributed by atoms with Crippen molar-refractivity contribution in [2.45, 2.75) is 45.9 Å². The van der Waals surface area contributed by atoms with Crippen LogP contribution in [0.3, 0.4) is 0 Å². The van der Waals surface area contributed by atoms with Gasteiger partial charge >= 0.3 is 0 Å². The van der Waals surface area contributed by atoms with Gasteiger partial charge in [-0.15, -0.1) is 0 Å². The van der Waals surface area contributed by atoms with E-state index in [0.717, 1.165) is 28.6 Å². The van der Waals surface area contributed by atoms with Gasteiger partial charge in [-0.1, -0.05) is 30.7 Å². The summed E-state index contributed by atoms with van der Waals surface area (Å²) in [5.74, 6) is 0.680. The molecular weight excluding hydrogens is 364 g/mol. The van der Waals surface area contributed by atoms with Crippen molar-refractivity contribution in [3.8, 4) is 11.1 Å². The normalized spacial score (nSPS) is 15.4. The molecular formula is C24H30N2O3. The smallest absolute Gasteiger partial charge is 0.217 e. The maximum Gasteiger partial charge on any atom is 0.217 e. The Labute approximate surface area is 172 Å². The minimum absolute atomic E-state index is 0.489. The Bertz CT molecular complexity index is 908. The molecule has 1 aliphatic heterocycles. The number of nitrogens with zero attached hydrogens (tertiary/aromatic N) is 2. The molecule has 1 aliphatic rings. The van der Waals surface area contributed by atoms with E-state index in [0.29, 0.717) is 19.0 Å². The van der Waals surface area contributed by atoms with Crippen LogP contribution < -0.4 is 0 Å². The van der Waals surface area contributed by atoms with E-state index in [9.17, 15) is 0 Å². The molecule has 0 N–H and O–H groups in total. The van der Waals surface area contributed by atoms with E-state index < -0.39 is 6.29 Å². The largest absolute Gasteiger partial charge is 0.455 e. The Kier molecular flexibility index (Phi) is 6.60. The van der Waals surface area contributed by atoms with Crippen LogP contribution in [0.2, 0.25) is 0 Å². The Morgan fingerprint density at radius 1 is 1.00 bits per heavy atom. The van der Waals surface area contributed by atoms with Crippen molar-refractivity contribution in [2.75, 3.05) is 26.3 Å². The molecule has 3 aromatic rings. The van der Waals surface area contributed by atoms with Crippen LogP contribution in [0.15, 0.2) is 47.1 Å². The molecule has 5 nitrogen and oxygen atoms in total. The third-order valence-corrected chi connectivity index (χ3v) is 5.43. The highest BCUT2D eigenvalue weighted by Crippen LogP contribution is 2.33. The molecule has 0 bridgehead atoms. The van der Waals surface area contributed by atoms with Crippen molar-refractivity contribution in [1.29, 1.82) is 0 Å². The van der Waals surface area contributed by atoms with Crippen LogP contribution in [-0.2, 0) is 16.0 Å². The molecule has 29 heavy (non-hydrogen) atoms. The fraction of sp³-hybridized carbons (Fsp3) is 0.458. The number of furan rings is 1. The summed E-state index contributed by atoms with van der Waals surface area (Å²) in [5.41, 5.74) is 4.27. The van der Waals surface area contributed by atoms with Gasteiger partial charge in [0.25, 0.3) is 0 Å². The third kappa shape index (κ3) is 4.69. The van der Waals surface area contributed by atoms with Crippen molar-refractivity contribution < 1.29 is 13.9 Å². The molecule has 0 amide bonds. The van der Waals surface area contributed by atoms with E-state index in [1.165, 1.54) is 37.9 Å². The predicted molar refractivity (Wildman–Crippen MR) is 115 cm³/mol. The zero-order valence-electron chi connectivity index (χ0n) is 17.4. The average Bonchev–Trinajstić information content (AvgIpc) is 3.19. The Hall–Kier alpha value is -2.21. The van der Waals surface area contributed by atoms with E-state index >= 15 is 0 Å². The van der Waals surface area contributed by atoms with Gasteiger partial charge in [0, 0.05) is 43.1 Å². The van der Waals surface area contributed by atoms with Crippen molar-refractivity contribution in [3.05, 3.63) is 54.0 Å². The maximum atomic E-state index is 6.17. The summed E-state index contributed by atoms with van der Waals surface area (Å²) in [6, 6.07) is 10.7. The van der Waals surface area contributed by atoms with Crippen molar-refractivity contribution in [2.24, 2.45) is 0 Å². The number of ether oxygens (including phenoxy) is 2. The van der Waals surface area contributed by atoms with E-state index in [1.807, 2.05) is 32.3 Å². The van der Waals surface area contributed by atoms with Gasteiger partial charge in [-0.3, -0.25) is 9.88 Å². The van der Waals surface area contributed by atoms with E-state index in [2.05, 4.69) is 34.1 Å². The topological polar surface area (TPSA) is 47.7 Å². The molecule has 1 aromatic carbocycles. The first-order valence-electron chi connectivity index (χ1n) is 10.7. The Morgan fingerprint density at radius 3 is 2.41 bits per heavy atom. The van der Waals surface area contributed by atoms with Gasteiger partial charge in [0.1, 0.15) is 5.58 Å². The molecule has 0 unspecified atom stereocenters. The summed E-state index contributed by atoms with van der Waals surface area (Å²) in [5, 5.41) is 0.958. The maximum absolute atomic E-state index is 6.17. The van der Waals surface area contributed by atoms with Crippen LogP contribution in [0.4, 0.5) is 0 Å². The zero-order chi connectivity index (χ0) is 20.1. The van der Waals surface area contributed by atoms with Gasteiger partial charge in [0.2, 0.25) is 6.29 Å². The first-order chi connectivity index (χ1) is 14.3. The number of piperidine rings is 1. The molecule has 3 heterocycles. The second-order valence-corrected chi connectivity index (χ2v) is 7.53. The first-order valence-corrected chi connectivity index (χ1v) is 10.7. The molecule has 5 heteroatoms. The zero-order valence-corrected chi connectivity index (χ0v) is 17.4. The molecule has 2 aromatic heterocycles. The highest BCUT2D eigenvalue weighted by atomic mass is 16.7. The fourth-order valence-electron chi connectivity index (χ4n) is 3.98. The number of pyridine rings is 1. The molecule has 154 valence electrons. The second kappa shape index (κ2) is 9.53. The predicted octanol–water partition coefficient (Wildman–Crippen LogP) is 5.55. The quantitative estimate of drug-likeness (QED) is 0.469. The summed E-state index contributed by atoms with van der Waals surface area (Å²) in [6.07, 6.45) is 7.20. The third-order valence-electron chi connectivity index (χ3n) is 5.43. The molecule has 4 rings (SSSR count). The number of rotatable bonds is 8. The number of hydrogen-bond acceptors (Lipinski definition) is 5. The molecule has 1 fully saturated rings. The van der Waals surface area contributed by atoms with E-state index in [-0.39, 0.29) is 0 Å². The molecule has 0 aliphatic carbocycles. The summed E-state index contributed by atoms with van der Waals surface area (Å²) < 4.78 is 17.6. The van der Waals surface area contributed by atoms with Crippen LogP contribution >= 0.6 is 0 Å². The fourth-order valence-corrected chi connectivity index (χ4v) is 3.98. The SMILES string of the molecule is CCOC(OCC)c1cc2cncc(-c3ccc(CN4CCCCC4)cc3)c2o1. The minimum atomic E-state index is -0.489. The van der Waals surface area contributed by atoms with E-state index in [4.69, 9.17) is 13.9 Å². The number of fused-ring (bicyclic) bond motifs is 1. The highest BCUT2D eigenvalue weighted by molar-refractivity contribution is 5.91. The standard InChI is InChI=1S/C24H30N2O3/c1-3-27-24(28-4-2)22-14-20-15-25-16-21(23(20)29-22)19-10-8-18(9-11-19)17-26-12-6-5-7-13-26/h8-11,14-16,24H,3-7,12-13,17H2,1-2H3. The number of benzene rings is 1. The second-order valence-electron chi connectivity index (χ2n) is 7.53. The van der Waals surface area contributed by atoms with Crippen molar-refractivity contribution in [3.63, 3.8) is 0 Å². The number of likely N-dealkylation sites (tertiary alicyclic amines) is 1. The van der Waals surface area contributed by atoms with E-state index in [1.54, 1.807) is 0 Å². The lowest BCUT2D eigenvalue weighted by Crippen LogP contribution is -2.28. The van der Waals surface area contributed by atoms with Crippen molar-refractivity contribution in [1.82, 2.24) is 9.88 Å². The number of aromatic nitrogens is 1. The van der Waals surface area contributed by atoms with Crippen LogP contribution in [0.5, 0.6) is 0 Å². The lowest BCUT2D eigenvalue weighted by atomic mass is 10.0. The Morgan fingerprint density at radius 2 is 1.72 bits per heavy atom. The average molecular weight is 395 g/mol. The monoisotopic (exact) mass is 394 g/mol. The summed E-state index contributed by atoms with van der Waals surface area (Å²) in [7, 11) is 0. The molecule has 0 saturated carbocycles. The van der Waals surface area contributed by atoms with Crippen molar-refractivity contribution >= 4 is 11.0 Å². The van der Waals surface area contributed by atoms with Gasteiger partial charge in [0.05, 0.1) is 0 Å². The number of hydrogen-bond donors (Lipinski definition) is 0. The van der Waals surface area contributed by atoms with Gasteiger partial charge in [-0.05, 0) is 57.0 Å². The van der Waals surface area contributed by atoms with Crippen LogP contribution in [-0.4, -0.2) is 36.2 Å². The Balaban J connectivity index is 1.58. The molecule has 0 spiro atoms. The molecule has 0 radical (unpaired) electrons. The van der Waals surface area contributed by atoms with Gasteiger partial charge < -0.3 is 13.9 Å². The summed E-state index contributed by atoms with van der Waals surface area (Å²) in [6.45, 7) is 8.47. The molecule has 0 atom stereocenters. The highest BCUT2D eigenvalue weighted by Gasteiger charge is 2.19.